The van der Waals surface area contributed by atoms with Crippen LogP contribution in [0.5, 0.6) is 0 Å². The molecule has 0 spiro atoms. The molecule has 0 aromatic carbocycles. The van der Waals surface area contributed by atoms with Crippen LogP contribution in [0.15, 0.2) is 23.3 Å². The highest BCUT2D eigenvalue weighted by Crippen LogP contribution is 2.40. The lowest BCUT2D eigenvalue weighted by Crippen LogP contribution is -2.55. The summed E-state index contributed by atoms with van der Waals surface area (Å²) in [6.07, 6.45) is 6.99. The summed E-state index contributed by atoms with van der Waals surface area (Å²) in [7, 11) is 0. The van der Waals surface area contributed by atoms with Crippen LogP contribution in [-0.2, 0) is 9.59 Å². The Bertz CT molecular complexity index is 436. The third kappa shape index (κ3) is 1.52. The fourth-order valence-corrected chi connectivity index (χ4v) is 3.50. The lowest BCUT2D eigenvalue weighted by molar-refractivity contribution is -0.132. The Balaban J connectivity index is 2.09. The van der Waals surface area contributed by atoms with E-state index in [-0.39, 0.29) is 23.7 Å². The van der Waals surface area contributed by atoms with Crippen LogP contribution in [0.3, 0.4) is 0 Å². The SMILES string of the molecule is NC1C=CC(N)C2C(=O)C3=C(CCCC3)C(=O)C12. The number of Topliss-reactive ketones (excluding diaryl/α,β-unsaturated/α-hetero) is 2. The molecule has 3 rings (SSSR count). The molecule has 4 atom stereocenters. The second kappa shape index (κ2) is 4.14. The molecule has 0 fully saturated rings. The summed E-state index contributed by atoms with van der Waals surface area (Å²) < 4.78 is 0. The maximum Gasteiger partial charge on any atom is 0.165 e. The van der Waals surface area contributed by atoms with Crippen LogP contribution in [0, 0.1) is 11.8 Å². The fourth-order valence-electron chi connectivity index (χ4n) is 3.50. The van der Waals surface area contributed by atoms with E-state index in [0.29, 0.717) is 0 Å². The molecule has 0 saturated carbocycles. The molecule has 4 nitrogen and oxygen atoms in total. The first-order valence-corrected chi connectivity index (χ1v) is 6.61. The molecule has 3 aliphatic rings. The molecule has 0 heterocycles. The number of hydrogen-bond donors (Lipinski definition) is 2. The van der Waals surface area contributed by atoms with Gasteiger partial charge in [0.2, 0.25) is 0 Å². The highest BCUT2D eigenvalue weighted by atomic mass is 16.1. The zero-order valence-electron chi connectivity index (χ0n) is 10.3. The molecule has 4 heteroatoms. The van der Waals surface area contributed by atoms with Gasteiger partial charge in [-0.2, -0.15) is 0 Å². The van der Waals surface area contributed by atoms with Crippen molar-refractivity contribution in [2.45, 2.75) is 37.8 Å². The molecule has 18 heavy (non-hydrogen) atoms. The number of carbonyl (C=O) groups is 2. The molecule has 0 aromatic heterocycles. The largest absolute Gasteiger partial charge is 0.324 e. The van der Waals surface area contributed by atoms with Crippen molar-refractivity contribution in [3.05, 3.63) is 23.3 Å². The summed E-state index contributed by atoms with van der Waals surface area (Å²) >= 11 is 0. The molecule has 0 aromatic rings. The van der Waals surface area contributed by atoms with Crippen LogP contribution in [0.25, 0.3) is 0 Å². The molecule has 0 radical (unpaired) electrons. The van der Waals surface area contributed by atoms with Gasteiger partial charge in [-0.15, -0.1) is 0 Å². The smallest absolute Gasteiger partial charge is 0.165 e. The Hall–Kier alpha value is -1.26. The van der Waals surface area contributed by atoms with E-state index >= 15 is 0 Å². The van der Waals surface area contributed by atoms with Gasteiger partial charge in [0.15, 0.2) is 11.6 Å². The van der Waals surface area contributed by atoms with E-state index in [1.54, 1.807) is 12.2 Å². The van der Waals surface area contributed by atoms with Crippen LogP contribution >= 0.6 is 0 Å². The van der Waals surface area contributed by atoms with Crippen LogP contribution < -0.4 is 11.5 Å². The second-order valence-corrected chi connectivity index (χ2v) is 5.48. The summed E-state index contributed by atoms with van der Waals surface area (Å²) in [4.78, 5) is 25.0. The monoisotopic (exact) mass is 246 g/mol. The van der Waals surface area contributed by atoms with Crippen LogP contribution in [0.2, 0.25) is 0 Å². The maximum absolute atomic E-state index is 12.5. The molecule has 96 valence electrons. The van der Waals surface area contributed by atoms with E-state index in [9.17, 15) is 9.59 Å². The van der Waals surface area contributed by atoms with Crippen LogP contribution in [0.4, 0.5) is 0 Å². The zero-order chi connectivity index (χ0) is 12.9. The third-order valence-electron chi connectivity index (χ3n) is 4.44. The number of rotatable bonds is 0. The zero-order valence-corrected chi connectivity index (χ0v) is 10.3. The van der Waals surface area contributed by atoms with Crippen molar-refractivity contribution in [3.63, 3.8) is 0 Å². The maximum atomic E-state index is 12.5. The Labute approximate surface area is 106 Å². The Morgan fingerprint density at radius 3 is 1.61 bits per heavy atom. The number of ketones is 2. The van der Waals surface area contributed by atoms with Gasteiger partial charge in [0.1, 0.15) is 0 Å². The predicted octanol–water partition coefficient (Wildman–Crippen LogP) is 0.466. The highest BCUT2D eigenvalue weighted by Gasteiger charge is 2.48. The van der Waals surface area contributed by atoms with Crippen molar-refractivity contribution in [2.24, 2.45) is 23.3 Å². The van der Waals surface area contributed by atoms with E-state index in [1.807, 2.05) is 0 Å². The second-order valence-electron chi connectivity index (χ2n) is 5.48. The molecular weight excluding hydrogens is 228 g/mol. The third-order valence-corrected chi connectivity index (χ3v) is 4.44. The van der Waals surface area contributed by atoms with E-state index in [0.717, 1.165) is 36.8 Å². The number of allylic oxidation sites excluding steroid dienone is 2. The molecular formula is C14H18N2O2. The first kappa shape index (κ1) is 11.8. The summed E-state index contributed by atoms with van der Waals surface area (Å²) in [5.74, 6) is -0.730. The Kier molecular flexibility index (Phi) is 2.72. The molecule has 0 aliphatic heterocycles. The summed E-state index contributed by atoms with van der Waals surface area (Å²) in [5, 5.41) is 0. The minimum absolute atomic E-state index is 0.0709. The van der Waals surface area contributed by atoms with Gasteiger partial charge in [0.05, 0.1) is 11.8 Å². The number of carbonyl (C=O) groups excluding carboxylic acids is 2. The lowest BCUT2D eigenvalue weighted by Gasteiger charge is -2.40. The van der Waals surface area contributed by atoms with Crippen molar-refractivity contribution in [1.82, 2.24) is 0 Å². The molecule has 0 amide bonds. The fraction of sp³-hybridized carbons (Fsp3) is 0.571. The van der Waals surface area contributed by atoms with Gasteiger partial charge in [-0.25, -0.2) is 0 Å². The molecule has 0 saturated heterocycles. The van der Waals surface area contributed by atoms with Crippen molar-refractivity contribution in [1.29, 1.82) is 0 Å². The minimum Gasteiger partial charge on any atom is -0.324 e. The lowest BCUT2D eigenvalue weighted by atomic mass is 9.63. The minimum atomic E-state index is -0.436. The Morgan fingerprint density at radius 2 is 1.22 bits per heavy atom. The number of nitrogens with two attached hydrogens (primary N) is 2. The molecule has 3 aliphatic carbocycles. The van der Waals surface area contributed by atoms with E-state index in [1.165, 1.54) is 0 Å². The normalized spacial score (nSPS) is 39.7. The summed E-state index contributed by atoms with van der Waals surface area (Å²) in [5.41, 5.74) is 13.5. The van der Waals surface area contributed by atoms with E-state index < -0.39 is 11.8 Å². The van der Waals surface area contributed by atoms with Gasteiger partial charge in [0, 0.05) is 23.2 Å². The van der Waals surface area contributed by atoms with E-state index in [2.05, 4.69) is 0 Å². The van der Waals surface area contributed by atoms with Gasteiger partial charge < -0.3 is 11.5 Å². The standard InChI is InChI=1S/C14H18N2O2/c15-9-5-6-10(16)12-11(9)13(17)7-3-1-2-4-8(7)14(12)18/h5-6,9-12H,1-4,15-16H2. The molecule has 0 bridgehead atoms. The van der Waals surface area contributed by atoms with Gasteiger partial charge in [-0.3, -0.25) is 9.59 Å². The van der Waals surface area contributed by atoms with Crippen molar-refractivity contribution in [2.75, 3.05) is 0 Å². The van der Waals surface area contributed by atoms with Crippen LogP contribution in [0.1, 0.15) is 25.7 Å². The molecule has 4 unspecified atom stereocenters. The van der Waals surface area contributed by atoms with Gasteiger partial charge >= 0.3 is 0 Å². The average Bonchev–Trinajstić information content (AvgIpc) is 2.38. The number of fused-ring (bicyclic) bond motifs is 1. The quantitative estimate of drug-likeness (QED) is 0.608. The van der Waals surface area contributed by atoms with E-state index in [4.69, 9.17) is 11.5 Å². The van der Waals surface area contributed by atoms with Gasteiger partial charge in [0.25, 0.3) is 0 Å². The first-order chi connectivity index (χ1) is 8.61. The number of hydrogen-bond acceptors (Lipinski definition) is 4. The highest BCUT2D eigenvalue weighted by molar-refractivity contribution is 6.14. The van der Waals surface area contributed by atoms with Gasteiger partial charge in [-0.1, -0.05) is 12.2 Å². The topological polar surface area (TPSA) is 86.2 Å². The van der Waals surface area contributed by atoms with Crippen LogP contribution in [-0.4, -0.2) is 23.7 Å². The Morgan fingerprint density at radius 1 is 0.833 bits per heavy atom. The predicted molar refractivity (Wildman–Crippen MR) is 67.6 cm³/mol. The first-order valence-electron chi connectivity index (χ1n) is 6.61. The summed E-state index contributed by atoms with van der Waals surface area (Å²) in [6, 6.07) is -0.746. The van der Waals surface area contributed by atoms with Crippen molar-refractivity contribution in [3.8, 4) is 0 Å². The van der Waals surface area contributed by atoms with Crippen molar-refractivity contribution >= 4 is 11.6 Å². The molecule has 4 N–H and O–H groups in total. The van der Waals surface area contributed by atoms with Crippen molar-refractivity contribution < 1.29 is 9.59 Å². The average molecular weight is 246 g/mol. The summed E-state index contributed by atoms with van der Waals surface area (Å²) in [6.45, 7) is 0. The van der Waals surface area contributed by atoms with Gasteiger partial charge in [-0.05, 0) is 25.7 Å².